The largest absolute Gasteiger partial charge is 0.573 e. The van der Waals surface area contributed by atoms with Gasteiger partial charge in [0.05, 0.1) is 23.9 Å². The second-order valence-corrected chi connectivity index (χ2v) is 9.06. The molecule has 11 nitrogen and oxygen atoms in total. The monoisotopic (exact) mass is 573 g/mol. The van der Waals surface area contributed by atoms with Crippen LogP contribution in [0.15, 0.2) is 54.7 Å². The number of hydrogen-bond acceptors (Lipinski definition) is 7. The summed E-state index contributed by atoms with van der Waals surface area (Å²) in [6, 6.07) is 8.71. The number of benzene rings is 2. The van der Waals surface area contributed by atoms with Crippen molar-refractivity contribution in [1.29, 1.82) is 0 Å². The molecule has 1 aliphatic carbocycles. The van der Waals surface area contributed by atoms with Crippen molar-refractivity contribution in [3.8, 4) is 5.75 Å². The van der Waals surface area contributed by atoms with Crippen LogP contribution in [-0.4, -0.2) is 55.1 Å². The van der Waals surface area contributed by atoms with Crippen LogP contribution in [0.2, 0.25) is 0 Å². The number of carbonyl (C=O) groups excluding carboxylic acids is 2. The van der Waals surface area contributed by atoms with Gasteiger partial charge in [0.1, 0.15) is 11.4 Å². The summed E-state index contributed by atoms with van der Waals surface area (Å²) in [5.74, 6) is -4.94. The highest BCUT2D eigenvalue weighted by atomic mass is 19.4. The van der Waals surface area contributed by atoms with Gasteiger partial charge in [0.15, 0.2) is 17.2 Å². The van der Waals surface area contributed by atoms with E-state index >= 15 is 0 Å². The lowest BCUT2D eigenvalue weighted by Gasteiger charge is -2.18. The first-order valence-electron chi connectivity index (χ1n) is 11.9. The standard InChI is InChI=1S/C26H19F4N5O6/c27-16-4-1-12(7-20(16)41-26(28,29)30)11-31-23(37)17-10-18(35-21(33-17)5-6-32-35)24(38)34-22-15-3-2-13(25(39)40)8-14(15)9-19(22)36/h1-8,10,19,22,36H,9,11H2,(H,31,37)(H,34,38)(H,39,40)/t19-,22-/m1/s1. The molecule has 0 spiro atoms. The Balaban J connectivity index is 1.35. The average Bonchev–Trinajstić information content (AvgIpc) is 3.51. The van der Waals surface area contributed by atoms with Crippen molar-refractivity contribution in [2.45, 2.75) is 31.5 Å². The SMILES string of the molecule is O=C(O)c1ccc2c(c1)C[C@@H](O)[C@@H]2NC(=O)c1cc(C(=O)NCc2ccc(F)c(OC(F)(F)F)c2)nc2ccnn12. The van der Waals surface area contributed by atoms with E-state index in [-0.39, 0.29) is 41.1 Å². The summed E-state index contributed by atoms with van der Waals surface area (Å²) in [6.45, 7) is -0.315. The number of aromatic nitrogens is 3. The number of nitrogens with one attached hydrogen (secondary N) is 2. The Morgan fingerprint density at radius 2 is 1.85 bits per heavy atom. The lowest BCUT2D eigenvalue weighted by atomic mass is 10.0. The van der Waals surface area contributed by atoms with Gasteiger partial charge >= 0.3 is 12.3 Å². The van der Waals surface area contributed by atoms with E-state index in [2.05, 4.69) is 25.5 Å². The molecule has 0 saturated heterocycles. The molecule has 0 bridgehead atoms. The van der Waals surface area contributed by atoms with Crippen LogP contribution < -0.4 is 15.4 Å². The molecule has 4 aromatic rings. The van der Waals surface area contributed by atoms with Crippen molar-refractivity contribution in [2.24, 2.45) is 0 Å². The van der Waals surface area contributed by atoms with Crippen molar-refractivity contribution >= 4 is 23.4 Å². The minimum atomic E-state index is -5.11. The lowest BCUT2D eigenvalue weighted by Crippen LogP contribution is -2.35. The van der Waals surface area contributed by atoms with E-state index in [1.807, 2.05) is 0 Å². The van der Waals surface area contributed by atoms with E-state index < -0.39 is 47.9 Å². The predicted octanol–water partition coefficient (Wildman–Crippen LogP) is 2.78. The van der Waals surface area contributed by atoms with Crippen LogP contribution in [0, 0.1) is 5.82 Å². The number of nitrogens with zero attached hydrogens (tertiary/aromatic N) is 3. The number of carboxylic acid groups (broad SMARTS) is 1. The van der Waals surface area contributed by atoms with E-state index in [9.17, 15) is 42.2 Å². The van der Waals surface area contributed by atoms with Gasteiger partial charge in [-0.3, -0.25) is 9.59 Å². The molecule has 2 heterocycles. The normalized spacial score (nSPS) is 16.3. The fraction of sp³-hybridized carbons (Fsp3) is 0.192. The zero-order valence-electron chi connectivity index (χ0n) is 20.6. The number of carbonyl (C=O) groups is 3. The van der Waals surface area contributed by atoms with Crippen LogP contribution in [0.3, 0.4) is 0 Å². The molecule has 2 amide bonds. The van der Waals surface area contributed by atoms with Gasteiger partial charge in [-0.05, 0) is 41.0 Å². The summed E-state index contributed by atoms with van der Waals surface area (Å²) in [5, 5.41) is 29.0. The predicted molar refractivity (Wildman–Crippen MR) is 131 cm³/mol. The fourth-order valence-corrected chi connectivity index (χ4v) is 4.48. The van der Waals surface area contributed by atoms with Crippen LogP contribution in [-0.2, 0) is 13.0 Å². The van der Waals surface area contributed by atoms with Crippen molar-refractivity contribution in [3.05, 3.63) is 94.2 Å². The Morgan fingerprint density at radius 1 is 1.07 bits per heavy atom. The summed E-state index contributed by atoms with van der Waals surface area (Å²) in [6.07, 6.45) is -4.70. The Bertz CT molecular complexity index is 1690. The average molecular weight is 573 g/mol. The van der Waals surface area contributed by atoms with Crippen molar-refractivity contribution in [2.75, 3.05) is 0 Å². The number of alkyl halides is 3. The first-order valence-corrected chi connectivity index (χ1v) is 11.9. The second kappa shape index (κ2) is 10.5. The number of aromatic carboxylic acids is 1. The fourth-order valence-electron chi connectivity index (χ4n) is 4.48. The van der Waals surface area contributed by atoms with E-state index in [0.717, 1.165) is 24.3 Å². The summed E-state index contributed by atoms with van der Waals surface area (Å²) >= 11 is 0. The molecule has 212 valence electrons. The van der Waals surface area contributed by atoms with Crippen LogP contribution in [0.1, 0.15) is 54.1 Å². The topological polar surface area (TPSA) is 155 Å². The second-order valence-electron chi connectivity index (χ2n) is 9.06. The third-order valence-corrected chi connectivity index (χ3v) is 6.32. The molecule has 2 aromatic heterocycles. The van der Waals surface area contributed by atoms with E-state index in [0.29, 0.717) is 11.1 Å². The highest BCUT2D eigenvalue weighted by molar-refractivity contribution is 5.98. The number of rotatable bonds is 7. The summed E-state index contributed by atoms with van der Waals surface area (Å²) in [7, 11) is 0. The zero-order valence-corrected chi connectivity index (χ0v) is 20.6. The first kappa shape index (κ1) is 27.5. The molecule has 5 rings (SSSR count). The molecule has 2 aromatic carbocycles. The Morgan fingerprint density at radius 3 is 2.59 bits per heavy atom. The minimum Gasteiger partial charge on any atom is -0.478 e. The summed E-state index contributed by atoms with van der Waals surface area (Å²) in [5.41, 5.74) is 1.02. The molecule has 1 aliphatic rings. The number of fused-ring (bicyclic) bond motifs is 2. The van der Waals surface area contributed by atoms with Crippen LogP contribution >= 0.6 is 0 Å². The molecular weight excluding hydrogens is 554 g/mol. The number of halogens is 4. The van der Waals surface area contributed by atoms with Gasteiger partial charge < -0.3 is 25.6 Å². The highest BCUT2D eigenvalue weighted by Gasteiger charge is 2.34. The quantitative estimate of drug-likeness (QED) is 0.246. The molecule has 0 saturated carbocycles. The van der Waals surface area contributed by atoms with Gasteiger partial charge in [-0.15, -0.1) is 13.2 Å². The Labute approximate surface area is 227 Å². The van der Waals surface area contributed by atoms with Crippen molar-refractivity contribution in [1.82, 2.24) is 25.2 Å². The van der Waals surface area contributed by atoms with Gasteiger partial charge in [0.2, 0.25) is 0 Å². The van der Waals surface area contributed by atoms with Crippen molar-refractivity contribution in [3.63, 3.8) is 0 Å². The highest BCUT2D eigenvalue weighted by Crippen LogP contribution is 2.32. The van der Waals surface area contributed by atoms with E-state index in [1.54, 1.807) is 0 Å². The van der Waals surface area contributed by atoms with E-state index in [1.165, 1.54) is 35.0 Å². The number of amides is 2. The van der Waals surface area contributed by atoms with E-state index in [4.69, 9.17) is 0 Å². The molecule has 41 heavy (non-hydrogen) atoms. The molecule has 0 aliphatic heterocycles. The molecule has 15 heteroatoms. The number of ether oxygens (including phenoxy) is 1. The molecule has 0 fully saturated rings. The molecule has 0 unspecified atom stereocenters. The minimum absolute atomic E-state index is 0.0377. The third-order valence-electron chi connectivity index (χ3n) is 6.32. The summed E-state index contributed by atoms with van der Waals surface area (Å²) in [4.78, 5) is 41.6. The van der Waals surface area contributed by atoms with Crippen LogP contribution in [0.4, 0.5) is 17.6 Å². The number of aliphatic hydroxyl groups is 1. The van der Waals surface area contributed by atoms with Crippen LogP contribution in [0.5, 0.6) is 5.75 Å². The molecule has 2 atom stereocenters. The lowest BCUT2D eigenvalue weighted by molar-refractivity contribution is -0.275. The van der Waals surface area contributed by atoms with Gasteiger partial charge in [0.25, 0.3) is 11.8 Å². The smallest absolute Gasteiger partial charge is 0.478 e. The molecule has 4 N–H and O–H groups in total. The zero-order chi connectivity index (χ0) is 29.5. The maximum atomic E-state index is 13.7. The Kier molecular flexibility index (Phi) is 7.04. The first-order chi connectivity index (χ1) is 19.4. The molecular formula is C26H19F4N5O6. The third kappa shape index (κ3) is 5.79. The maximum absolute atomic E-state index is 13.7. The van der Waals surface area contributed by atoms with Gasteiger partial charge in [0, 0.05) is 25.1 Å². The van der Waals surface area contributed by atoms with Gasteiger partial charge in [-0.1, -0.05) is 12.1 Å². The van der Waals surface area contributed by atoms with Gasteiger partial charge in [-0.2, -0.15) is 5.10 Å². The van der Waals surface area contributed by atoms with Crippen LogP contribution in [0.25, 0.3) is 5.65 Å². The maximum Gasteiger partial charge on any atom is 0.573 e. The molecule has 0 radical (unpaired) electrons. The number of aliphatic hydroxyl groups excluding tert-OH is 1. The Hall–Kier alpha value is -5.05. The van der Waals surface area contributed by atoms with Gasteiger partial charge in [-0.25, -0.2) is 18.7 Å². The summed E-state index contributed by atoms with van der Waals surface area (Å²) < 4.78 is 56.1. The number of hydrogen-bond donors (Lipinski definition) is 4. The van der Waals surface area contributed by atoms with Crippen molar-refractivity contribution < 1.29 is 46.9 Å². The number of carboxylic acids is 1.